The van der Waals surface area contributed by atoms with Gasteiger partial charge in [0.25, 0.3) is 20.2 Å². The van der Waals surface area contributed by atoms with E-state index in [0.717, 1.165) is 18.2 Å². The fraction of sp³-hybridized carbons (Fsp3) is 0.0909. The molecule has 0 radical (unpaired) electrons. The van der Waals surface area contributed by atoms with E-state index < -0.39 is 30.0 Å². The minimum Gasteiger partial charge on any atom is -0.282 e. The van der Waals surface area contributed by atoms with Crippen LogP contribution in [0, 0.1) is 0 Å². The largest absolute Gasteiger partial charge is 0.295 e. The van der Waals surface area contributed by atoms with E-state index in [1.54, 1.807) is 0 Å². The van der Waals surface area contributed by atoms with Gasteiger partial charge in [-0.2, -0.15) is 16.8 Å². The predicted molar refractivity (Wildman–Crippen MR) is 71.5 cm³/mol. The van der Waals surface area contributed by atoms with E-state index in [9.17, 15) is 16.8 Å². The van der Waals surface area contributed by atoms with Crippen LogP contribution in [0.5, 0.6) is 0 Å². The van der Waals surface area contributed by atoms with Gasteiger partial charge >= 0.3 is 0 Å². The quantitative estimate of drug-likeness (QED) is 0.821. The molecule has 1 rings (SSSR count). The minimum absolute atomic E-state index is 0.0601. The third kappa shape index (κ3) is 3.29. The Hall–Kier alpha value is -1.48. The monoisotopic (exact) mass is 304 g/mol. The summed E-state index contributed by atoms with van der Waals surface area (Å²) >= 11 is 0. The van der Waals surface area contributed by atoms with Crippen molar-refractivity contribution >= 4 is 31.2 Å². The van der Waals surface area contributed by atoms with Crippen LogP contribution in [-0.4, -0.2) is 25.9 Å². The first kappa shape index (κ1) is 15.6. The van der Waals surface area contributed by atoms with Gasteiger partial charge in [-0.1, -0.05) is 30.9 Å². The van der Waals surface area contributed by atoms with Crippen molar-refractivity contribution in [2.24, 2.45) is 0 Å². The first-order chi connectivity index (χ1) is 8.62. The molecule has 0 aromatic heterocycles. The fourth-order valence-electron chi connectivity index (χ4n) is 1.64. The molecule has 6 nitrogen and oxygen atoms in total. The molecule has 0 fully saturated rings. The number of hydrogen-bond acceptors (Lipinski definition) is 4. The average molecular weight is 304 g/mol. The van der Waals surface area contributed by atoms with Crippen molar-refractivity contribution in [2.45, 2.75) is 11.8 Å². The van der Waals surface area contributed by atoms with Gasteiger partial charge < -0.3 is 0 Å². The molecule has 2 N–H and O–H groups in total. The maximum atomic E-state index is 11.2. The van der Waals surface area contributed by atoms with Crippen LogP contribution in [0.2, 0.25) is 0 Å². The van der Waals surface area contributed by atoms with Gasteiger partial charge in [0, 0.05) is 11.1 Å². The number of benzene rings is 1. The normalized spacial score (nSPS) is 13.3. The zero-order valence-corrected chi connectivity index (χ0v) is 11.6. The lowest BCUT2D eigenvalue weighted by molar-refractivity contribution is 0.482. The van der Waals surface area contributed by atoms with Gasteiger partial charge in [0.1, 0.15) is 4.90 Å². The van der Waals surface area contributed by atoms with Crippen molar-refractivity contribution in [3.8, 4) is 0 Å². The smallest absolute Gasteiger partial charge is 0.282 e. The van der Waals surface area contributed by atoms with E-state index in [1.165, 1.54) is 19.1 Å². The molecule has 0 amide bonds. The highest BCUT2D eigenvalue weighted by atomic mass is 32.2. The minimum atomic E-state index is -4.53. The Morgan fingerprint density at radius 2 is 1.79 bits per heavy atom. The molecule has 0 spiro atoms. The second-order valence-electron chi connectivity index (χ2n) is 3.52. The molecule has 0 unspecified atom stereocenters. The molecule has 0 saturated heterocycles. The molecular formula is C11H12O6S2. The number of hydrogen-bond donors (Lipinski definition) is 2. The van der Waals surface area contributed by atoms with Crippen molar-refractivity contribution in [1.82, 2.24) is 0 Å². The Morgan fingerprint density at radius 1 is 1.21 bits per heavy atom. The summed E-state index contributed by atoms with van der Waals surface area (Å²) < 4.78 is 63.0. The molecule has 0 heterocycles. The molecule has 19 heavy (non-hydrogen) atoms. The maximum Gasteiger partial charge on any atom is 0.295 e. The number of allylic oxidation sites excluding steroid dienone is 1. The molecule has 1 aromatic rings. The summed E-state index contributed by atoms with van der Waals surface area (Å²) in [6, 6.07) is 3.65. The number of rotatable bonds is 4. The van der Waals surface area contributed by atoms with Crippen molar-refractivity contribution < 1.29 is 25.9 Å². The Labute approximate surface area is 111 Å². The van der Waals surface area contributed by atoms with Gasteiger partial charge in [0.05, 0.1) is 4.91 Å². The van der Waals surface area contributed by atoms with Gasteiger partial charge in [-0.3, -0.25) is 9.11 Å². The SMILES string of the molecule is C=Cc1c(/C(=C/C)S(=O)(=O)O)cccc1S(=O)(=O)O. The van der Waals surface area contributed by atoms with Crippen molar-refractivity contribution in [1.29, 1.82) is 0 Å². The maximum absolute atomic E-state index is 11.2. The highest BCUT2D eigenvalue weighted by molar-refractivity contribution is 7.95. The predicted octanol–water partition coefficient (Wildman–Crippen LogP) is 1.82. The lowest BCUT2D eigenvalue weighted by Crippen LogP contribution is -2.07. The van der Waals surface area contributed by atoms with Gasteiger partial charge in [-0.15, -0.1) is 0 Å². The molecule has 0 bridgehead atoms. The lowest BCUT2D eigenvalue weighted by atomic mass is 10.1. The molecule has 1 aromatic carbocycles. The molecule has 8 heteroatoms. The summed E-state index contributed by atoms with van der Waals surface area (Å²) in [5, 5.41) is 0. The Kier molecular flexibility index (Phi) is 4.31. The Morgan fingerprint density at radius 3 is 2.16 bits per heavy atom. The van der Waals surface area contributed by atoms with E-state index >= 15 is 0 Å². The van der Waals surface area contributed by atoms with E-state index in [4.69, 9.17) is 9.11 Å². The highest BCUT2D eigenvalue weighted by Crippen LogP contribution is 2.29. The van der Waals surface area contributed by atoms with E-state index in [2.05, 4.69) is 6.58 Å². The first-order valence-electron chi connectivity index (χ1n) is 5.00. The van der Waals surface area contributed by atoms with E-state index in [-0.39, 0.29) is 11.1 Å². The average Bonchev–Trinajstić information content (AvgIpc) is 2.26. The van der Waals surface area contributed by atoms with Crippen LogP contribution in [0.25, 0.3) is 11.0 Å². The van der Waals surface area contributed by atoms with Gasteiger partial charge in [0.15, 0.2) is 0 Å². The van der Waals surface area contributed by atoms with Gasteiger partial charge in [0.2, 0.25) is 0 Å². The molecule has 104 valence electrons. The summed E-state index contributed by atoms with van der Waals surface area (Å²) in [5.74, 6) is 0. The fourth-order valence-corrected chi connectivity index (χ4v) is 3.11. The van der Waals surface area contributed by atoms with Crippen LogP contribution in [0.4, 0.5) is 0 Å². The van der Waals surface area contributed by atoms with E-state index in [0.29, 0.717) is 0 Å². The summed E-state index contributed by atoms with van der Waals surface area (Å²) in [7, 11) is -9.06. The molecule has 0 atom stereocenters. The van der Waals surface area contributed by atoms with Crippen molar-refractivity contribution in [2.75, 3.05) is 0 Å². The van der Waals surface area contributed by atoms with E-state index in [1.807, 2.05) is 0 Å². The van der Waals surface area contributed by atoms with Crippen LogP contribution in [-0.2, 0) is 20.2 Å². The van der Waals surface area contributed by atoms with Crippen LogP contribution >= 0.6 is 0 Å². The van der Waals surface area contributed by atoms with Crippen molar-refractivity contribution in [3.05, 3.63) is 42.0 Å². The van der Waals surface area contributed by atoms with Gasteiger partial charge in [-0.25, -0.2) is 0 Å². The third-order valence-corrected chi connectivity index (χ3v) is 4.28. The third-order valence-electron chi connectivity index (χ3n) is 2.35. The standard InChI is InChI=1S/C11H12O6S2/c1-3-8-9(10(4-2)18(12,13)14)6-5-7-11(8)19(15,16)17/h3-7H,1H2,2H3,(H,12,13,14)(H,15,16,17)/b10-4-. The summed E-state index contributed by atoms with van der Waals surface area (Å²) in [6.07, 6.45) is 2.21. The van der Waals surface area contributed by atoms with Crippen LogP contribution in [0.3, 0.4) is 0 Å². The van der Waals surface area contributed by atoms with Crippen molar-refractivity contribution in [3.63, 3.8) is 0 Å². The zero-order valence-electron chi connectivity index (χ0n) is 9.94. The molecule has 0 saturated carbocycles. The lowest BCUT2D eigenvalue weighted by Gasteiger charge is -2.11. The second kappa shape index (κ2) is 5.25. The van der Waals surface area contributed by atoms with Gasteiger partial charge in [-0.05, 0) is 13.0 Å². The van der Waals surface area contributed by atoms with Crippen LogP contribution < -0.4 is 0 Å². The molecule has 0 aliphatic carbocycles. The molecular weight excluding hydrogens is 292 g/mol. The van der Waals surface area contributed by atoms with Crippen LogP contribution in [0.15, 0.2) is 35.7 Å². The first-order valence-corrected chi connectivity index (χ1v) is 7.88. The summed E-state index contributed by atoms with van der Waals surface area (Å²) in [5.41, 5.74) is -0.161. The summed E-state index contributed by atoms with van der Waals surface area (Å²) in [6.45, 7) is 4.76. The Bertz CT molecular complexity index is 741. The summed E-state index contributed by atoms with van der Waals surface area (Å²) in [4.78, 5) is -0.948. The second-order valence-corrected chi connectivity index (χ2v) is 6.30. The molecule has 0 aliphatic rings. The van der Waals surface area contributed by atoms with Crippen LogP contribution in [0.1, 0.15) is 18.1 Å². The topological polar surface area (TPSA) is 109 Å². The Balaban J connectivity index is 3.79. The zero-order chi connectivity index (χ0) is 14.8. The highest BCUT2D eigenvalue weighted by Gasteiger charge is 2.22. The molecule has 0 aliphatic heterocycles.